The van der Waals surface area contributed by atoms with Crippen LogP contribution in [-0.2, 0) is 35.4 Å². The summed E-state index contributed by atoms with van der Waals surface area (Å²) in [6.45, 7) is 6.12. The second kappa shape index (κ2) is 13.4. The van der Waals surface area contributed by atoms with Gasteiger partial charge in [0.15, 0.2) is 0 Å². The lowest BCUT2D eigenvalue weighted by atomic mass is 9.93. The number of carbonyl (C=O) groups is 5. The number of nitrogens with zero attached hydrogens (tertiary/aromatic N) is 1. The summed E-state index contributed by atoms with van der Waals surface area (Å²) in [5, 5.41) is 5.33. The fourth-order valence-corrected chi connectivity index (χ4v) is 3.50. The maximum atomic E-state index is 12.4. The Labute approximate surface area is 199 Å². The molecule has 1 heterocycles. The quantitative estimate of drug-likeness (QED) is 0.418. The van der Waals surface area contributed by atoms with Crippen LogP contribution in [0.15, 0.2) is 24.3 Å². The number of benzene rings is 1. The van der Waals surface area contributed by atoms with Gasteiger partial charge in [-0.25, -0.2) is 5.48 Å². The van der Waals surface area contributed by atoms with Crippen LogP contribution in [0.25, 0.3) is 0 Å². The van der Waals surface area contributed by atoms with E-state index in [1.54, 1.807) is 49.9 Å². The number of hydroxylamine groups is 1. The number of carbonyl (C=O) groups excluding carboxylic acids is 5. The summed E-state index contributed by atoms with van der Waals surface area (Å²) in [5.74, 6) is -0.918. The molecule has 1 aromatic rings. The first-order chi connectivity index (χ1) is 16.2. The van der Waals surface area contributed by atoms with Crippen molar-refractivity contribution in [3.63, 3.8) is 0 Å². The van der Waals surface area contributed by atoms with Crippen molar-refractivity contribution in [1.29, 1.82) is 0 Å². The lowest BCUT2D eigenvalue weighted by molar-refractivity contribution is -0.136. The van der Waals surface area contributed by atoms with E-state index < -0.39 is 6.04 Å². The summed E-state index contributed by atoms with van der Waals surface area (Å²) in [4.78, 5) is 66.3. The summed E-state index contributed by atoms with van der Waals surface area (Å²) in [6.07, 6.45) is 1.71. The Morgan fingerprint density at radius 3 is 2.26 bits per heavy atom. The topological polar surface area (TPSA) is 134 Å². The Balaban J connectivity index is 1.69. The lowest BCUT2D eigenvalue weighted by Gasteiger charge is -2.30. The van der Waals surface area contributed by atoms with Crippen LogP contribution in [0.5, 0.6) is 0 Å². The number of hydrogen-bond donors (Lipinski definition) is 3. The van der Waals surface area contributed by atoms with Gasteiger partial charge in [0, 0.05) is 44.0 Å². The molecule has 1 aromatic carbocycles. The van der Waals surface area contributed by atoms with E-state index >= 15 is 0 Å². The molecule has 10 nitrogen and oxygen atoms in total. The number of likely N-dealkylation sites (tertiary alicyclic amines) is 1. The van der Waals surface area contributed by atoms with Gasteiger partial charge >= 0.3 is 0 Å². The molecule has 0 bridgehead atoms. The van der Waals surface area contributed by atoms with Crippen LogP contribution in [0.4, 0.5) is 5.69 Å². The van der Waals surface area contributed by atoms with Crippen molar-refractivity contribution < 1.29 is 28.8 Å². The van der Waals surface area contributed by atoms with E-state index in [4.69, 9.17) is 4.84 Å². The number of Topliss-reactive ketones (excluding diaryl/α,β-unsaturated/α-hetero) is 1. The molecule has 1 aliphatic heterocycles. The van der Waals surface area contributed by atoms with Gasteiger partial charge in [0.05, 0.1) is 6.61 Å². The van der Waals surface area contributed by atoms with Gasteiger partial charge in [-0.15, -0.1) is 0 Å². The fourth-order valence-electron chi connectivity index (χ4n) is 3.50. The van der Waals surface area contributed by atoms with Gasteiger partial charge in [0.25, 0.3) is 0 Å². The molecule has 0 spiro atoms. The third kappa shape index (κ3) is 8.93. The minimum atomic E-state index is -0.777. The molecule has 0 aromatic heterocycles. The van der Waals surface area contributed by atoms with Crippen molar-refractivity contribution in [2.45, 2.75) is 65.5 Å². The Morgan fingerprint density at radius 2 is 1.68 bits per heavy atom. The van der Waals surface area contributed by atoms with Crippen LogP contribution < -0.4 is 16.1 Å². The predicted octanol–water partition coefficient (Wildman–Crippen LogP) is 1.70. The highest BCUT2D eigenvalue weighted by atomic mass is 16.6. The lowest BCUT2D eigenvalue weighted by Crippen LogP contribution is -2.43. The van der Waals surface area contributed by atoms with Crippen molar-refractivity contribution in [1.82, 2.24) is 15.7 Å². The van der Waals surface area contributed by atoms with Gasteiger partial charge in [-0.2, -0.15) is 0 Å². The number of piperidine rings is 1. The molecule has 1 aliphatic rings. The van der Waals surface area contributed by atoms with E-state index in [1.165, 1.54) is 0 Å². The minimum absolute atomic E-state index is 0.00758. The van der Waals surface area contributed by atoms with Crippen molar-refractivity contribution in [3.8, 4) is 0 Å². The first kappa shape index (κ1) is 27.0. The van der Waals surface area contributed by atoms with E-state index in [1.807, 2.05) is 0 Å². The van der Waals surface area contributed by atoms with E-state index in [2.05, 4.69) is 16.1 Å². The molecule has 0 saturated carbocycles. The van der Waals surface area contributed by atoms with Crippen molar-refractivity contribution >= 4 is 35.1 Å². The standard InChI is InChI=1S/C24H34N4O6/c1-4-21(30)27-34-15-18-5-7-20(8-6-18)26-24(33)16(2)25-22(31)9-10-23(32)28-13-11-19(12-14-28)17(3)29/h5-8,16,19H,4,9-15H2,1-3H3,(H,25,31)(H,26,33)(H,27,30)/t16-/m0/s1. The Kier molecular flexibility index (Phi) is 10.7. The third-order valence-corrected chi connectivity index (χ3v) is 5.73. The Bertz CT molecular complexity index is 878. The molecule has 10 heteroatoms. The van der Waals surface area contributed by atoms with E-state index in [0.29, 0.717) is 38.0 Å². The zero-order valence-electron chi connectivity index (χ0n) is 20.0. The molecule has 0 radical (unpaired) electrons. The molecular formula is C24H34N4O6. The van der Waals surface area contributed by atoms with Gasteiger partial charge < -0.3 is 15.5 Å². The fraction of sp³-hybridized carbons (Fsp3) is 0.542. The van der Waals surface area contributed by atoms with Crippen LogP contribution in [0.3, 0.4) is 0 Å². The summed E-state index contributed by atoms with van der Waals surface area (Å²) >= 11 is 0. The normalized spacial score (nSPS) is 14.7. The molecule has 34 heavy (non-hydrogen) atoms. The molecule has 2 rings (SSSR count). The SMILES string of the molecule is CCC(=O)NOCc1ccc(NC(=O)[C@H](C)NC(=O)CCC(=O)N2CCC(C(C)=O)CC2)cc1. The number of ketones is 1. The monoisotopic (exact) mass is 474 g/mol. The van der Waals surface area contributed by atoms with Crippen molar-refractivity contribution in [2.75, 3.05) is 18.4 Å². The van der Waals surface area contributed by atoms with Crippen molar-refractivity contribution in [2.24, 2.45) is 5.92 Å². The van der Waals surface area contributed by atoms with Gasteiger partial charge in [-0.3, -0.25) is 28.8 Å². The highest BCUT2D eigenvalue weighted by molar-refractivity contribution is 5.97. The Morgan fingerprint density at radius 1 is 1.03 bits per heavy atom. The molecule has 1 atom stereocenters. The zero-order valence-corrected chi connectivity index (χ0v) is 20.0. The van der Waals surface area contributed by atoms with Gasteiger partial charge in [0.1, 0.15) is 11.8 Å². The third-order valence-electron chi connectivity index (χ3n) is 5.73. The summed E-state index contributed by atoms with van der Waals surface area (Å²) < 4.78 is 0. The van der Waals surface area contributed by atoms with Gasteiger partial charge in [0.2, 0.25) is 23.6 Å². The number of hydrogen-bond acceptors (Lipinski definition) is 6. The van der Waals surface area contributed by atoms with E-state index in [0.717, 1.165) is 5.56 Å². The van der Waals surface area contributed by atoms with Crippen molar-refractivity contribution in [3.05, 3.63) is 29.8 Å². The number of rotatable bonds is 11. The Hall–Kier alpha value is -3.27. The van der Waals surface area contributed by atoms with E-state index in [-0.39, 0.29) is 54.8 Å². The maximum Gasteiger partial charge on any atom is 0.246 e. The smallest absolute Gasteiger partial charge is 0.246 e. The van der Waals surface area contributed by atoms with Gasteiger partial charge in [-0.05, 0) is 44.4 Å². The van der Waals surface area contributed by atoms with Crippen LogP contribution >= 0.6 is 0 Å². The summed E-state index contributed by atoms with van der Waals surface area (Å²) in [6, 6.07) is 6.12. The maximum absolute atomic E-state index is 12.4. The average Bonchev–Trinajstić information content (AvgIpc) is 2.83. The molecule has 1 fully saturated rings. The number of anilines is 1. The number of amides is 4. The highest BCUT2D eigenvalue weighted by Gasteiger charge is 2.25. The molecule has 0 unspecified atom stereocenters. The van der Waals surface area contributed by atoms with Crippen LogP contribution in [0, 0.1) is 5.92 Å². The van der Waals surface area contributed by atoms with Crippen LogP contribution in [-0.4, -0.2) is 53.4 Å². The second-order valence-electron chi connectivity index (χ2n) is 8.41. The predicted molar refractivity (Wildman–Crippen MR) is 125 cm³/mol. The molecular weight excluding hydrogens is 440 g/mol. The summed E-state index contributed by atoms with van der Waals surface area (Å²) in [7, 11) is 0. The average molecular weight is 475 g/mol. The second-order valence-corrected chi connectivity index (χ2v) is 8.41. The van der Waals surface area contributed by atoms with Crippen LogP contribution in [0.1, 0.15) is 58.4 Å². The van der Waals surface area contributed by atoms with E-state index in [9.17, 15) is 24.0 Å². The largest absolute Gasteiger partial charge is 0.345 e. The minimum Gasteiger partial charge on any atom is -0.345 e. The summed E-state index contributed by atoms with van der Waals surface area (Å²) in [5.41, 5.74) is 3.68. The van der Waals surface area contributed by atoms with Gasteiger partial charge in [-0.1, -0.05) is 19.1 Å². The van der Waals surface area contributed by atoms with Crippen LogP contribution in [0.2, 0.25) is 0 Å². The first-order valence-electron chi connectivity index (χ1n) is 11.6. The molecule has 186 valence electrons. The first-order valence-corrected chi connectivity index (χ1v) is 11.6. The highest BCUT2D eigenvalue weighted by Crippen LogP contribution is 2.18. The molecule has 4 amide bonds. The molecule has 1 saturated heterocycles. The number of nitrogens with one attached hydrogen (secondary N) is 3. The zero-order chi connectivity index (χ0) is 25.1. The molecule has 3 N–H and O–H groups in total. The molecule has 0 aliphatic carbocycles.